The van der Waals surface area contributed by atoms with E-state index in [9.17, 15) is 10.1 Å². The number of thiophene rings is 1. The average Bonchev–Trinajstić information content (AvgIpc) is 3.33. The van der Waals surface area contributed by atoms with Gasteiger partial charge in [0.15, 0.2) is 0 Å². The number of hydrogen-bond donors (Lipinski definition) is 1. The van der Waals surface area contributed by atoms with Gasteiger partial charge in [-0.15, -0.1) is 11.3 Å². The molecule has 0 spiro atoms. The normalized spacial score (nSPS) is 11.2. The van der Waals surface area contributed by atoms with Crippen LogP contribution in [0.1, 0.15) is 24.0 Å². The second-order valence-corrected chi connectivity index (χ2v) is 8.06. The molecule has 0 aliphatic rings. The predicted molar refractivity (Wildman–Crippen MR) is 119 cm³/mol. The summed E-state index contributed by atoms with van der Waals surface area (Å²) in [6, 6.07) is 16.0. The minimum atomic E-state index is -0.199. The Morgan fingerprint density at radius 3 is 2.80 bits per heavy atom. The van der Waals surface area contributed by atoms with E-state index in [0.717, 1.165) is 43.2 Å². The Morgan fingerprint density at radius 1 is 1.17 bits per heavy atom. The number of nitrogens with zero attached hydrogens (tertiary/aromatic N) is 4. The third kappa shape index (κ3) is 2.65. The zero-order valence-electron chi connectivity index (χ0n) is 16.4. The van der Waals surface area contributed by atoms with Crippen LogP contribution in [-0.2, 0) is 6.42 Å². The van der Waals surface area contributed by atoms with Crippen molar-refractivity contribution in [2.45, 2.75) is 20.3 Å². The third-order valence-electron chi connectivity index (χ3n) is 5.33. The van der Waals surface area contributed by atoms with Crippen molar-refractivity contribution in [3.05, 3.63) is 76.1 Å². The molecule has 5 aromatic rings. The monoisotopic (exact) mass is 411 g/mol. The van der Waals surface area contributed by atoms with Gasteiger partial charge in [0.25, 0.3) is 5.56 Å². The van der Waals surface area contributed by atoms with Gasteiger partial charge in [0.2, 0.25) is 0 Å². The van der Waals surface area contributed by atoms with Crippen LogP contribution in [0, 0.1) is 18.3 Å². The number of aromatic nitrogens is 4. The van der Waals surface area contributed by atoms with Crippen molar-refractivity contribution in [2.24, 2.45) is 0 Å². The lowest BCUT2D eigenvalue weighted by molar-refractivity contribution is 0.918. The number of hydrogen-bond acceptors (Lipinski definition) is 5. The van der Waals surface area contributed by atoms with Gasteiger partial charge in [0, 0.05) is 21.0 Å². The van der Waals surface area contributed by atoms with Crippen molar-refractivity contribution in [1.82, 2.24) is 19.7 Å². The fraction of sp³-hybridized carbons (Fsp3) is 0.130. The Balaban J connectivity index is 1.79. The number of fused-ring (bicyclic) bond motifs is 2. The highest BCUT2D eigenvalue weighted by Crippen LogP contribution is 2.37. The van der Waals surface area contributed by atoms with Gasteiger partial charge >= 0.3 is 0 Å². The van der Waals surface area contributed by atoms with Gasteiger partial charge in [0.1, 0.15) is 16.9 Å². The summed E-state index contributed by atoms with van der Waals surface area (Å²) >= 11 is 1.58. The smallest absolute Gasteiger partial charge is 0.272 e. The van der Waals surface area contributed by atoms with Crippen molar-refractivity contribution in [3.63, 3.8) is 0 Å². The largest absolute Gasteiger partial charge is 0.286 e. The number of benzene rings is 2. The number of imidazole rings is 1. The number of aryl methyl sites for hydroxylation is 2. The first-order chi connectivity index (χ1) is 14.6. The molecular formula is C23H17N5OS. The molecule has 30 heavy (non-hydrogen) atoms. The van der Waals surface area contributed by atoms with Crippen LogP contribution in [0.15, 0.2) is 53.5 Å². The van der Waals surface area contributed by atoms with Gasteiger partial charge in [-0.2, -0.15) is 10.4 Å². The van der Waals surface area contributed by atoms with E-state index in [2.05, 4.69) is 21.3 Å². The van der Waals surface area contributed by atoms with E-state index < -0.39 is 0 Å². The van der Waals surface area contributed by atoms with E-state index >= 15 is 0 Å². The van der Waals surface area contributed by atoms with Crippen molar-refractivity contribution in [2.75, 3.05) is 0 Å². The van der Waals surface area contributed by atoms with Crippen molar-refractivity contribution in [1.29, 1.82) is 5.26 Å². The van der Waals surface area contributed by atoms with Crippen LogP contribution < -0.4 is 5.56 Å². The van der Waals surface area contributed by atoms with E-state index in [1.165, 1.54) is 0 Å². The molecule has 3 aromatic heterocycles. The van der Waals surface area contributed by atoms with Gasteiger partial charge in [-0.3, -0.25) is 9.36 Å². The SMILES string of the molecule is CCc1n[nH]c(=O)c2ccc(-c3cnc(C)n3-c3sc4ccccc4c3C#N)cc12. The second kappa shape index (κ2) is 6.94. The molecule has 0 amide bonds. The first-order valence-electron chi connectivity index (χ1n) is 9.60. The van der Waals surface area contributed by atoms with Crippen LogP contribution in [0.2, 0.25) is 0 Å². The molecule has 0 bridgehead atoms. The van der Waals surface area contributed by atoms with E-state index in [1.54, 1.807) is 11.3 Å². The lowest BCUT2D eigenvalue weighted by Gasteiger charge is -2.10. The molecule has 1 N–H and O–H groups in total. The van der Waals surface area contributed by atoms with Crippen molar-refractivity contribution in [3.8, 4) is 22.3 Å². The summed E-state index contributed by atoms with van der Waals surface area (Å²) < 4.78 is 3.09. The molecule has 3 heterocycles. The Morgan fingerprint density at radius 2 is 2.00 bits per heavy atom. The Hall–Kier alpha value is -3.76. The summed E-state index contributed by atoms with van der Waals surface area (Å²) in [7, 11) is 0. The van der Waals surface area contributed by atoms with Gasteiger partial charge < -0.3 is 0 Å². The number of aromatic amines is 1. The topological polar surface area (TPSA) is 87.4 Å². The number of nitrogens with one attached hydrogen (secondary N) is 1. The standard InChI is InChI=1S/C23H17N5OS/c1-3-19-17-10-14(8-9-16(17)22(29)27-26-19)20-12-25-13(2)28(20)23-18(11-24)15-6-4-5-7-21(15)30-23/h4-10,12H,3H2,1-2H3,(H,27,29). The molecular weight excluding hydrogens is 394 g/mol. The highest BCUT2D eigenvalue weighted by atomic mass is 32.1. The fourth-order valence-corrected chi connectivity index (χ4v) is 5.07. The van der Waals surface area contributed by atoms with Gasteiger partial charge in [-0.25, -0.2) is 10.1 Å². The van der Waals surface area contributed by atoms with Gasteiger partial charge in [-0.05, 0) is 31.5 Å². The number of nitriles is 1. The molecule has 5 rings (SSSR count). The molecule has 6 nitrogen and oxygen atoms in total. The van der Waals surface area contributed by atoms with Crippen LogP contribution >= 0.6 is 11.3 Å². The molecule has 0 saturated heterocycles. The maximum atomic E-state index is 12.2. The molecule has 7 heteroatoms. The van der Waals surface area contributed by atoms with Crippen LogP contribution in [0.5, 0.6) is 0 Å². The van der Waals surface area contributed by atoms with Crippen molar-refractivity contribution >= 4 is 32.2 Å². The van der Waals surface area contributed by atoms with E-state index in [0.29, 0.717) is 17.4 Å². The van der Waals surface area contributed by atoms with E-state index in [-0.39, 0.29) is 5.56 Å². The first-order valence-corrected chi connectivity index (χ1v) is 10.4. The highest BCUT2D eigenvalue weighted by Gasteiger charge is 2.19. The molecule has 0 saturated carbocycles. The summed E-state index contributed by atoms with van der Waals surface area (Å²) in [6.45, 7) is 3.94. The lowest BCUT2D eigenvalue weighted by Crippen LogP contribution is -2.10. The summed E-state index contributed by atoms with van der Waals surface area (Å²) in [6.07, 6.45) is 2.53. The summed E-state index contributed by atoms with van der Waals surface area (Å²) in [4.78, 5) is 16.7. The van der Waals surface area contributed by atoms with Gasteiger partial charge in [-0.1, -0.05) is 31.2 Å². The van der Waals surface area contributed by atoms with Crippen LogP contribution in [0.4, 0.5) is 0 Å². The minimum Gasteiger partial charge on any atom is -0.286 e. The van der Waals surface area contributed by atoms with E-state index in [4.69, 9.17) is 0 Å². The average molecular weight is 411 g/mol. The summed E-state index contributed by atoms with van der Waals surface area (Å²) in [5.41, 5.74) is 3.08. The third-order valence-corrected chi connectivity index (χ3v) is 6.48. The zero-order chi connectivity index (χ0) is 20.8. The molecule has 146 valence electrons. The van der Waals surface area contributed by atoms with Crippen LogP contribution in [0.25, 0.3) is 37.1 Å². The number of rotatable bonds is 3. The maximum absolute atomic E-state index is 12.2. The maximum Gasteiger partial charge on any atom is 0.272 e. The highest BCUT2D eigenvalue weighted by molar-refractivity contribution is 7.21. The Labute approximate surface area is 176 Å². The lowest BCUT2D eigenvalue weighted by atomic mass is 10.0. The quantitative estimate of drug-likeness (QED) is 0.465. The molecule has 0 aliphatic carbocycles. The Bertz CT molecular complexity index is 1530. The number of H-pyrrole nitrogens is 1. The molecule has 0 fully saturated rings. The summed E-state index contributed by atoms with van der Waals surface area (Å²) in [5.74, 6) is 0.799. The minimum absolute atomic E-state index is 0.199. The Kier molecular flexibility index (Phi) is 4.23. The van der Waals surface area contributed by atoms with Gasteiger partial charge in [0.05, 0.1) is 28.5 Å². The first kappa shape index (κ1) is 18.3. The molecule has 0 atom stereocenters. The van der Waals surface area contributed by atoms with E-state index in [1.807, 2.05) is 67.1 Å². The molecule has 0 aliphatic heterocycles. The second-order valence-electron chi connectivity index (χ2n) is 7.03. The molecule has 0 radical (unpaired) electrons. The predicted octanol–water partition coefficient (Wildman–Crippen LogP) is 4.73. The molecule has 0 unspecified atom stereocenters. The molecule has 2 aromatic carbocycles. The van der Waals surface area contributed by atoms with Crippen LogP contribution in [0.3, 0.4) is 0 Å². The van der Waals surface area contributed by atoms with Crippen LogP contribution in [-0.4, -0.2) is 19.7 Å². The van der Waals surface area contributed by atoms with Crippen molar-refractivity contribution < 1.29 is 0 Å². The fourth-order valence-electron chi connectivity index (χ4n) is 3.85. The zero-order valence-corrected chi connectivity index (χ0v) is 17.2. The summed E-state index contributed by atoms with van der Waals surface area (Å²) in [5, 5.41) is 19.9.